The van der Waals surface area contributed by atoms with Crippen LogP contribution in [0.2, 0.25) is 0 Å². The van der Waals surface area contributed by atoms with E-state index in [4.69, 9.17) is 4.74 Å². The Labute approximate surface area is 185 Å². The molecule has 1 aliphatic rings. The number of rotatable bonds is 8. The first-order chi connectivity index (χ1) is 15.0. The number of urea groups is 1. The van der Waals surface area contributed by atoms with Crippen molar-refractivity contribution in [2.75, 3.05) is 13.2 Å². The molecule has 1 aliphatic carbocycles. The highest BCUT2D eigenvalue weighted by atomic mass is 16.5. The average Bonchev–Trinajstić information content (AvgIpc) is 3.07. The molecule has 2 amide bonds. The number of carbonyl (C=O) groups excluding carboxylic acids is 2. The van der Waals surface area contributed by atoms with Crippen LogP contribution in [0.4, 0.5) is 4.79 Å². The number of aryl methyl sites for hydroxylation is 1. The van der Waals surface area contributed by atoms with Crippen LogP contribution in [-0.4, -0.2) is 41.1 Å². The first-order valence-electron chi connectivity index (χ1n) is 11.4. The standard InChI is InChI=1S/C25H35N3O3/c1-4-31-24(29)23-18(2)22(19(3)27-23)17-28(21-13-9-6-10-14-21)25(30)26-16-15-20-11-7-5-8-12-20/h5,7-8,11-12,21,27H,4,6,9-10,13-17H2,1-3H3,(H,26,30). The number of aromatic nitrogens is 1. The molecule has 0 atom stereocenters. The van der Waals surface area contributed by atoms with Gasteiger partial charge in [0.1, 0.15) is 5.69 Å². The first-order valence-corrected chi connectivity index (χ1v) is 11.4. The lowest BCUT2D eigenvalue weighted by Crippen LogP contribution is -2.47. The largest absolute Gasteiger partial charge is 0.461 e. The zero-order chi connectivity index (χ0) is 22.2. The third-order valence-electron chi connectivity index (χ3n) is 6.21. The van der Waals surface area contributed by atoms with Crippen LogP contribution in [0.5, 0.6) is 0 Å². The van der Waals surface area contributed by atoms with Crippen molar-refractivity contribution in [1.29, 1.82) is 0 Å². The maximum absolute atomic E-state index is 13.2. The Bertz CT molecular complexity index is 870. The van der Waals surface area contributed by atoms with E-state index in [0.717, 1.165) is 48.9 Å². The normalized spacial score (nSPS) is 14.3. The van der Waals surface area contributed by atoms with Crippen molar-refractivity contribution in [3.05, 3.63) is 58.4 Å². The van der Waals surface area contributed by atoms with Gasteiger partial charge in [0.25, 0.3) is 0 Å². The van der Waals surface area contributed by atoms with E-state index in [-0.39, 0.29) is 18.0 Å². The Balaban J connectivity index is 1.73. The van der Waals surface area contributed by atoms with Crippen molar-refractivity contribution in [2.45, 2.75) is 71.9 Å². The number of ether oxygens (including phenoxy) is 1. The maximum Gasteiger partial charge on any atom is 0.355 e. The molecule has 1 aromatic heterocycles. The number of esters is 1. The zero-order valence-corrected chi connectivity index (χ0v) is 19.0. The van der Waals surface area contributed by atoms with Gasteiger partial charge in [0.05, 0.1) is 6.61 Å². The third kappa shape index (κ3) is 5.90. The molecular weight excluding hydrogens is 390 g/mol. The van der Waals surface area contributed by atoms with Gasteiger partial charge in [0.15, 0.2) is 0 Å². The molecule has 0 aliphatic heterocycles. The van der Waals surface area contributed by atoms with Crippen LogP contribution in [0.1, 0.15) is 71.9 Å². The third-order valence-corrected chi connectivity index (χ3v) is 6.21. The smallest absolute Gasteiger partial charge is 0.355 e. The summed E-state index contributed by atoms with van der Waals surface area (Å²) in [6.45, 7) is 7.12. The summed E-state index contributed by atoms with van der Waals surface area (Å²) in [5.41, 5.74) is 4.49. The van der Waals surface area contributed by atoms with Crippen molar-refractivity contribution in [2.24, 2.45) is 0 Å². The second-order valence-electron chi connectivity index (χ2n) is 8.34. The second kappa shape index (κ2) is 11.0. The van der Waals surface area contributed by atoms with Crippen molar-refractivity contribution in [3.8, 4) is 0 Å². The van der Waals surface area contributed by atoms with Gasteiger partial charge < -0.3 is 19.9 Å². The van der Waals surface area contributed by atoms with Crippen LogP contribution < -0.4 is 5.32 Å². The van der Waals surface area contributed by atoms with Crippen molar-refractivity contribution < 1.29 is 14.3 Å². The van der Waals surface area contributed by atoms with Gasteiger partial charge >= 0.3 is 12.0 Å². The Morgan fingerprint density at radius 3 is 2.52 bits per heavy atom. The molecule has 31 heavy (non-hydrogen) atoms. The van der Waals surface area contributed by atoms with E-state index in [1.807, 2.05) is 36.9 Å². The van der Waals surface area contributed by atoms with Crippen LogP contribution in [0.25, 0.3) is 0 Å². The van der Waals surface area contributed by atoms with Gasteiger partial charge in [-0.3, -0.25) is 0 Å². The summed E-state index contributed by atoms with van der Waals surface area (Å²) in [6.07, 6.45) is 6.39. The van der Waals surface area contributed by atoms with Gasteiger partial charge in [-0.1, -0.05) is 49.6 Å². The molecule has 1 aromatic carbocycles. The van der Waals surface area contributed by atoms with E-state index < -0.39 is 0 Å². The molecule has 6 nitrogen and oxygen atoms in total. The fourth-order valence-electron chi connectivity index (χ4n) is 4.42. The molecule has 3 rings (SSSR count). The number of H-pyrrole nitrogens is 1. The lowest BCUT2D eigenvalue weighted by atomic mass is 9.93. The van der Waals surface area contributed by atoms with Crippen LogP contribution in [0.3, 0.4) is 0 Å². The lowest BCUT2D eigenvalue weighted by Gasteiger charge is -2.34. The van der Waals surface area contributed by atoms with Crippen LogP contribution >= 0.6 is 0 Å². The summed E-state index contributed by atoms with van der Waals surface area (Å²) in [5.74, 6) is -0.342. The Morgan fingerprint density at radius 1 is 1.13 bits per heavy atom. The van der Waals surface area contributed by atoms with Crippen molar-refractivity contribution in [1.82, 2.24) is 15.2 Å². The molecule has 6 heteroatoms. The fraction of sp³-hybridized carbons (Fsp3) is 0.520. The van der Waals surface area contributed by atoms with Gasteiger partial charge in [0, 0.05) is 24.8 Å². The molecule has 0 spiro atoms. The summed E-state index contributed by atoms with van der Waals surface area (Å²) in [4.78, 5) is 30.6. The quantitative estimate of drug-likeness (QED) is 0.591. The molecular formula is C25H35N3O3. The number of nitrogens with zero attached hydrogens (tertiary/aromatic N) is 1. The molecule has 0 bridgehead atoms. The maximum atomic E-state index is 13.2. The monoisotopic (exact) mass is 425 g/mol. The van der Waals surface area contributed by atoms with Crippen LogP contribution in [0, 0.1) is 13.8 Å². The minimum absolute atomic E-state index is 0.0273. The summed E-state index contributed by atoms with van der Waals surface area (Å²) < 4.78 is 5.18. The number of benzene rings is 1. The molecule has 1 saturated carbocycles. The number of aromatic amines is 1. The average molecular weight is 426 g/mol. The van der Waals surface area contributed by atoms with E-state index in [9.17, 15) is 9.59 Å². The lowest BCUT2D eigenvalue weighted by molar-refractivity contribution is 0.0519. The van der Waals surface area contributed by atoms with Gasteiger partial charge in [-0.25, -0.2) is 9.59 Å². The van der Waals surface area contributed by atoms with Gasteiger partial charge in [0.2, 0.25) is 0 Å². The van der Waals surface area contributed by atoms with Crippen LogP contribution in [-0.2, 0) is 17.7 Å². The van der Waals surface area contributed by atoms with Crippen molar-refractivity contribution in [3.63, 3.8) is 0 Å². The highest BCUT2D eigenvalue weighted by Gasteiger charge is 2.28. The Morgan fingerprint density at radius 2 is 1.84 bits per heavy atom. The molecule has 2 aromatic rings. The summed E-state index contributed by atoms with van der Waals surface area (Å²) in [6, 6.07) is 10.4. The SMILES string of the molecule is CCOC(=O)c1[nH]c(C)c(CN(C(=O)NCCc2ccccc2)C2CCCCC2)c1C. The number of carbonyl (C=O) groups is 2. The Kier molecular flexibility index (Phi) is 8.15. The van der Waals surface area contributed by atoms with E-state index in [2.05, 4.69) is 22.4 Å². The number of hydrogen-bond acceptors (Lipinski definition) is 3. The molecule has 0 radical (unpaired) electrons. The minimum Gasteiger partial charge on any atom is -0.461 e. The summed E-state index contributed by atoms with van der Waals surface area (Å²) in [5, 5.41) is 3.12. The van der Waals surface area contributed by atoms with E-state index in [1.165, 1.54) is 12.0 Å². The van der Waals surface area contributed by atoms with Gasteiger partial charge in [-0.15, -0.1) is 0 Å². The molecule has 2 N–H and O–H groups in total. The molecule has 0 unspecified atom stereocenters. The summed E-state index contributed by atoms with van der Waals surface area (Å²) in [7, 11) is 0. The predicted molar refractivity (Wildman–Crippen MR) is 122 cm³/mol. The molecule has 168 valence electrons. The fourth-order valence-corrected chi connectivity index (χ4v) is 4.42. The molecule has 0 saturated heterocycles. The van der Waals surface area contributed by atoms with Crippen LogP contribution in [0.15, 0.2) is 30.3 Å². The van der Waals surface area contributed by atoms with E-state index in [1.54, 1.807) is 6.92 Å². The number of hydrogen-bond donors (Lipinski definition) is 2. The highest BCUT2D eigenvalue weighted by Crippen LogP contribution is 2.27. The predicted octanol–water partition coefficient (Wildman–Crippen LogP) is 4.90. The number of amides is 2. The van der Waals surface area contributed by atoms with E-state index in [0.29, 0.717) is 25.4 Å². The minimum atomic E-state index is -0.342. The van der Waals surface area contributed by atoms with Gasteiger partial charge in [-0.2, -0.15) is 0 Å². The van der Waals surface area contributed by atoms with Gasteiger partial charge in [-0.05, 0) is 56.7 Å². The Hall–Kier alpha value is -2.76. The first kappa shape index (κ1) is 22.9. The number of nitrogens with one attached hydrogen (secondary N) is 2. The summed E-state index contributed by atoms with van der Waals surface area (Å²) >= 11 is 0. The highest BCUT2D eigenvalue weighted by molar-refractivity contribution is 5.90. The van der Waals surface area contributed by atoms with Crippen molar-refractivity contribution >= 4 is 12.0 Å². The van der Waals surface area contributed by atoms with E-state index >= 15 is 0 Å². The second-order valence-corrected chi connectivity index (χ2v) is 8.34. The zero-order valence-electron chi connectivity index (χ0n) is 19.0. The molecule has 1 fully saturated rings. The molecule has 1 heterocycles. The topological polar surface area (TPSA) is 74.4 Å².